The molecule has 0 fully saturated rings. The SMILES string of the molecule is O=C(O)C=CCOc1cccnc1. The topological polar surface area (TPSA) is 59.4 Å². The number of carboxylic acid groups (broad SMARTS) is 1. The van der Waals surface area contributed by atoms with Crippen molar-refractivity contribution in [2.24, 2.45) is 0 Å². The highest BCUT2D eigenvalue weighted by atomic mass is 16.5. The van der Waals surface area contributed by atoms with E-state index in [1.54, 1.807) is 24.5 Å². The van der Waals surface area contributed by atoms with Gasteiger partial charge in [-0.1, -0.05) is 0 Å². The molecule has 0 atom stereocenters. The smallest absolute Gasteiger partial charge is 0.328 e. The van der Waals surface area contributed by atoms with Crippen LogP contribution in [0.15, 0.2) is 36.7 Å². The minimum Gasteiger partial charge on any atom is -0.488 e. The van der Waals surface area contributed by atoms with Gasteiger partial charge in [-0.15, -0.1) is 0 Å². The molecule has 0 amide bonds. The van der Waals surface area contributed by atoms with Gasteiger partial charge in [0, 0.05) is 12.3 Å². The standard InChI is InChI=1S/C9H9NO3/c11-9(12)4-2-6-13-8-3-1-5-10-7-8/h1-5,7H,6H2,(H,11,12). The Morgan fingerprint density at radius 1 is 1.69 bits per heavy atom. The summed E-state index contributed by atoms with van der Waals surface area (Å²) in [5, 5.41) is 8.26. The zero-order valence-electron chi connectivity index (χ0n) is 6.88. The number of pyridine rings is 1. The zero-order chi connectivity index (χ0) is 9.52. The number of aromatic nitrogens is 1. The molecule has 1 heterocycles. The first-order valence-electron chi connectivity index (χ1n) is 3.71. The summed E-state index contributed by atoms with van der Waals surface area (Å²) in [5.41, 5.74) is 0. The monoisotopic (exact) mass is 179 g/mol. The molecule has 0 aliphatic heterocycles. The molecular formula is C9H9NO3. The van der Waals surface area contributed by atoms with Crippen LogP contribution in [0.25, 0.3) is 0 Å². The lowest BCUT2D eigenvalue weighted by atomic mass is 10.4. The average Bonchev–Trinajstić information content (AvgIpc) is 2.14. The van der Waals surface area contributed by atoms with E-state index in [2.05, 4.69) is 4.98 Å². The number of rotatable bonds is 4. The Labute approximate surface area is 75.5 Å². The van der Waals surface area contributed by atoms with Crippen LogP contribution in [0.3, 0.4) is 0 Å². The Balaban J connectivity index is 2.32. The molecule has 1 aromatic rings. The normalized spacial score (nSPS) is 10.2. The van der Waals surface area contributed by atoms with Gasteiger partial charge in [-0.2, -0.15) is 0 Å². The molecule has 1 aromatic heterocycles. The van der Waals surface area contributed by atoms with Gasteiger partial charge >= 0.3 is 5.97 Å². The van der Waals surface area contributed by atoms with Crippen molar-refractivity contribution in [1.29, 1.82) is 0 Å². The third-order valence-corrected chi connectivity index (χ3v) is 1.24. The number of aliphatic carboxylic acids is 1. The number of nitrogens with zero attached hydrogens (tertiary/aromatic N) is 1. The van der Waals surface area contributed by atoms with Crippen molar-refractivity contribution < 1.29 is 14.6 Å². The van der Waals surface area contributed by atoms with Crippen LogP contribution in [0.2, 0.25) is 0 Å². The van der Waals surface area contributed by atoms with Crippen molar-refractivity contribution in [3.63, 3.8) is 0 Å². The minimum absolute atomic E-state index is 0.234. The molecule has 0 spiro atoms. The third-order valence-electron chi connectivity index (χ3n) is 1.24. The summed E-state index contributed by atoms with van der Waals surface area (Å²) in [6, 6.07) is 3.50. The molecule has 68 valence electrons. The summed E-state index contributed by atoms with van der Waals surface area (Å²) in [7, 11) is 0. The number of carbonyl (C=O) groups is 1. The Hall–Kier alpha value is -1.84. The number of carboxylic acids is 1. The van der Waals surface area contributed by atoms with Gasteiger partial charge in [-0.3, -0.25) is 4.98 Å². The van der Waals surface area contributed by atoms with Crippen LogP contribution in [0.4, 0.5) is 0 Å². The molecule has 1 rings (SSSR count). The summed E-state index contributed by atoms with van der Waals surface area (Å²) in [5.74, 6) is -0.354. The molecule has 0 bridgehead atoms. The van der Waals surface area contributed by atoms with Crippen molar-refractivity contribution in [1.82, 2.24) is 4.98 Å². The van der Waals surface area contributed by atoms with Crippen molar-refractivity contribution in [2.75, 3.05) is 6.61 Å². The Kier molecular flexibility index (Phi) is 3.50. The van der Waals surface area contributed by atoms with E-state index in [9.17, 15) is 4.79 Å². The summed E-state index contributed by atoms with van der Waals surface area (Å²) in [6.07, 6.45) is 5.67. The fourth-order valence-electron chi connectivity index (χ4n) is 0.726. The van der Waals surface area contributed by atoms with Crippen LogP contribution in [0.5, 0.6) is 5.75 Å². The predicted molar refractivity (Wildman–Crippen MR) is 46.5 cm³/mol. The van der Waals surface area contributed by atoms with E-state index in [0.717, 1.165) is 6.08 Å². The van der Waals surface area contributed by atoms with Crippen LogP contribution in [-0.2, 0) is 4.79 Å². The predicted octanol–water partition coefficient (Wildman–Crippen LogP) is 1.10. The van der Waals surface area contributed by atoms with Crippen LogP contribution in [0, 0.1) is 0 Å². The molecule has 0 radical (unpaired) electrons. The minimum atomic E-state index is -0.977. The lowest BCUT2D eigenvalue weighted by Crippen LogP contribution is -1.95. The highest BCUT2D eigenvalue weighted by Crippen LogP contribution is 2.05. The lowest BCUT2D eigenvalue weighted by molar-refractivity contribution is -0.131. The second kappa shape index (κ2) is 4.92. The van der Waals surface area contributed by atoms with Crippen molar-refractivity contribution in [3.8, 4) is 5.75 Å². The van der Waals surface area contributed by atoms with Crippen LogP contribution in [-0.4, -0.2) is 22.7 Å². The lowest BCUT2D eigenvalue weighted by Gasteiger charge is -1.99. The van der Waals surface area contributed by atoms with Crippen molar-refractivity contribution in [3.05, 3.63) is 36.7 Å². The van der Waals surface area contributed by atoms with Crippen LogP contribution < -0.4 is 4.74 Å². The fourth-order valence-corrected chi connectivity index (χ4v) is 0.726. The van der Waals surface area contributed by atoms with Gasteiger partial charge < -0.3 is 9.84 Å². The quantitative estimate of drug-likeness (QED) is 0.703. The van der Waals surface area contributed by atoms with E-state index in [-0.39, 0.29) is 6.61 Å². The maximum absolute atomic E-state index is 10.1. The number of ether oxygens (including phenoxy) is 1. The molecule has 0 saturated carbocycles. The molecule has 0 aromatic carbocycles. The molecule has 0 unspecified atom stereocenters. The number of hydrogen-bond acceptors (Lipinski definition) is 3. The summed E-state index contributed by atoms with van der Waals surface area (Å²) in [6.45, 7) is 0.234. The fraction of sp³-hybridized carbons (Fsp3) is 0.111. The van der Waals surface area contributed by atoms with Gasteiger partial charge in [0.15, 0.2) is 0 Å². The third kappa shape index (κ3) is 3.91. The molecule has 0 saturated heterocycles. The Morgan fingerprint density at radius 3 is 3.15 bits per heavy atom. The molecule has 4 heteroatoms. The van der Waals surface area contributed by atoms with Gasteiger partial charge in [0.05, 0.1) is 6.20 Å². The van der Waals surface area contributed by atoms with Crippen LogP contribution >= 0.6 is 0 Å². The van der Waals surface area contributed by atoms with E-state index >= 15 is 0 Å². The van der Waals surface area contributed by atoms with Gasteiger partial charge in [0.25, 0.3) is 0 Å². The molecule has 1 N–H and O–H groups in total. The summed E-state index contributed by atoms with van der Waals surface area (Å²) < 4.78 is 5.14. The summed E-state index contributed by atoms with van der Waals surface area (Å²) >= 11 is 0. The van der Waals surface area contributed by atoms with E-state index < -0.39 is 5.97 Å². The summed E-state index contributed by atoms with van der Waals surface area (Å²) in [4.78, 5) is 13.9. The van der Waals surface area contributed by atoms with E-state index in [1.165, 1.54) is 6.08 Å². The van der Waals surface area contributed by atoms with E-state index in [1.807, 2.05) is 0 Å². The van der Waals surface area contributed by atoms with Gasteiger partial charge in [0.1, 0.15) is 12.4 Å². The second-order valence-electron chi connectivity index (χ2n) is 2.24. The molecule has 13 heavy (non-hydrogen) atoms. The maximum atomic E-state index is 10.1. The highest BCUT2D eigenvalue weighted by Gasteiger charge is 1.89. The zero-order valence-corrected chi connectivity index (χ0v) is 6.88. The Morgan fingerprint density at radius 2 is 2.54 bits per heavy atom. The molecule has 0 aliphatic carbocycles. The molecule has 0 aliphatic rings. The van der Waals surface area contributed by atoms with Gasteiger partial charge in [-0.25, -0.2) is 4.79 Å². The average molecular weight is 179 g/mol. The molecular weight excluding hydrogens is 170 g/mol. The largest absolute Gasteiger partial charge is 0.488 e. The van der Waals surface area contributed by atoms with Crippen molar-refractivity contribution in [2.45, 2.75) is 0 Å². The first-order valence-corrected chi connectivity index (χ1v) is 3.71. The van der Waals surface area contributed by atoms with Gasteiger partial charge in [-0.05, 0) is 18.2 Å². The first-order chi connectivity index (χ1) is 6.29. The van der Waals surface area contributed by atoms with Crippen LogP contribution in [0.1, 0.15) is 0 Å². The second-order valence-corrected chi connectivity index (χ2v) is 2.24. The van der Waals surface area contributed by atoms with Crippen molar-refractivity contribution >= 4 is 5.97 Å². The number of hydrogen-bond donors (Lipinski definition) is 1. The molecule has 4 nitrogen and oxygen atoms in total. The maximum Gasteiger partial charge on any atom is 0.328 e. The Bertz CT molecular complexity index is 295. The van der Waals surface area contributed by atoms with Gasteiger partial charge in [0.2, 0.25) is 0 Å². The first kappa shape index (κ1) is 9.25. The van der Waals surface area contributed by atoms with E-state index in [4.69, 9.17) is 9.84 Å². The van der Waals surface area contributed by atoms with E-state index in [0.29, 0.717) is 5.75 Å². The highest BCUT2D eigenvalue weighted by molar-refractivity contribution is 5.79.